The number of amides is 1. The van der Waals surface area contributed by atoms with Crippen LogP contribution in [-0.4, -0.2) is 38.0 Å². The first-order valence-corrected chi connectivity index (χ1v) is 14.2. The molecule has 1 saturated carbocycles. The Morgan fingerprint density at radius 1 is 1.16 bits per heavy atom. The molecule has 38 heavy (non-hydrogen) atoms. The fraction of sp³-hybridized carbons (Fsp3) is 0.357. The van der Waals surface area contributed by atoms with E-state index in [1.165, 1.54) is 30.3 Å². The van der Waals surface area contributed by atoms with Crippen LogP contribution in [0.2, 0.25) is 0 Å². The van der Waals surface area contributed by atoms with Gasteiger partial charge in [0.1, 0.15) is 17.4 Å². The molecule has 8 nitrogen and oxygen atoms in total. The van der Waals surface area contributed by atoms with E-state index in [2.05, 4.69) is 9.62 Å². The van der Waals surface area contributed by atoms with Gasteiger partial charge in [0.15, 0.2) is 0 Å². The summed E-state index contributed by atoms with van der Waals surface area (Å²) < 4.78 is 48.3. The third-order valence-electron chi connectivity index (χ3n) is 6.94. The molecular formula is C28H31FN4O4S. The van der Waals surface area contributed by atoms with Crippen molar-refractivity contribution in [3.8, 4) is 17.0 Å². The van der Waals surface area contributed by atoms with Crippen molar-refractivity contribution in [3.63, 3.8) is 0 Å². The number of anilines is 2. The maximum atomic E-state index is 14.5. The first-order valence-electron chi connectivity index (χ1n) is 12.7. The average molecular weight is 539 g/mol. The number of ether oxygens (including phenoxy) is 1. The summed E-state index contributed by atoms with van der Waals surface area (Å²) in [5.74, 6) is -0.180. The van der Waals surface area contributed by atoms with E-state index in [9.17, 15) is 17.6 Å². The van der Waals surface area contributed by atoms with Gasteiger partial charge in [-0.15, -0.1) is 0 Å². The smallest absolute Gasteiger partial charge is 0.268 e. The molecule has 0 unspecified atom stereocenters. The molecule has 3 N–H and O–H groups in total. The van der Waals surface area contributed by atoms with Crippen molar-refractivity contribution in [1.82, 2.24) is 9.71 Å². The van der Waals surface area contributed by atoms with Gasteiger partial charge < -0.3 is 15.4 Å². The number of benzene rings is 2. The number of nitrogen functional groups attached to an aromatic ring is 1. The molecule has 1 aliphatic heterocycles. The highest BCUT2D eigenvalue weighted by Gasteiger charge is 2.52. The summed E-state index contributed by atoms with van der Waals surface area (Å²) in [4.78, 5) is 20.2. The molecule has 0 radical (unpaired) electrons. The standard InChI is InChI=1S/C28H31FN4O4S/c1-18(2)17-37-22-14-19(13-20(29)15-22)25-8-7-24(26(31-25)33-12-4-9-28(33)10-11-28)27(34)32-38(35,36)23-6-3-5-21(30)16-23/h3,5-8,13-16,18H,4,9-12,17,30H2,1-2H3,(H,32,34). The first kappa shape index (κ1) is 26.0. The van der Waals surface area contributed by atoms with Gasteiger partial charge in [-0.05, 0) is 74.1 Å². The Bertz CT molecular complexity index is 1490. The van der Waals surface area contributed by atoms with Gasteiger partial charge in [-0.1, -0.05) is 19.9 Å². The molecule has 1 aromatic heterocycles. The van der Waals surface area contributed by atoms with Gasteiger partial charge >= 0.3 is 0 Å². The van der Waals surface area contributed by atoms with E-state index in [4.69, 9.17) is 15.5 Å². The lowest BCUT2D eigenvalue weighted by Crippen LogP contribution is -2.36. The Morgan fingerprint density at radius 3 is 2.66 bits per heavy atom. The van der Waals surface area contributed by atoms with E-state index >= 15 is 0 Å². The molecule has 2 aliphatic rings. The zero-order valence-corrected chi connectivity index (χ0v) is 22.2. The van der Waals surface area contributed by atoms with Crippen LogP contribution in [0, 0.1) is 11.7 Å². The number of hydrogen-bond acceptors (Lipinski definition) is 7. The van der Waals surface area contributed by atoms with Crippen LogP contribution in [0.4, 0.5) is 15.9 Å². The minimum atomic E-state index is -4.16. The summed E-state index contributed by atoms with van der Waals surface area (Å²) in [5.41, 5.74) is 7.05. The number of rotatable bonds is 8. The number of nitrogens with one attached hydrogen (secondary N) is 1. The topological polar surface area (TPSA) is 115 Å². The van der Waals surface area contributed by atoms with Gasteiger partial charge in [0, 0.05) is 29.4 Å². The Balaban J connectivity index is 1.52. The van der Waals surface area contributed by atoms with Crippen molar-refractivity contribution in [3.05, 3.63) is 66.0 Å². The van der Waals surface area contributed by atoms with Crippen molar-refractivity contribution in [1.29, 1.82) is 0 Å². The van der Waals surface area contributed by atoms with E-state index in [1.54, 1.807) is 24.3 Å². The lowest BCUT2D eigenvalue weighted by molar-refractivity contribution is 0.0981. The molecule has 3 aromatic rings. The van der Waals surface area contributed by atoms with E-state index in [-0.39, 0.29) is 27.6 Å². The van der Waals surface area contributed by atoms with Gasteiger partial charge in [0.2, 0.25) is 0 Å². The predicted octanol–water partition coefficient (Wildman–Crippen LogP) is 4.76. The molecule has 1 spiro atoms. The normalized spacial score (nSPS) is 16.2. The molecule has 5 rings (SSSR count). The van der Waals surface area contributed by atoms with Crippen LogP contribution in [0.15, 0.2) is 59.5 Å². The summed E-state index contributed by atoms with van der Waals surface area (Å²) in [6.07, 6.45) is 3.89. The lowest BCUT2D eigenvalue weighted by Gasteiger charge is -2.28. The van der Waals surface area contributed by atoms with Gasteiger partial charge in [0.05, 0.1) is 22.8 Å². The molecule has 1 amide bonds. The molecule has 200 valence electrons. The minimum absolute atomic E-state index is 0.0686. The Morgan fingerprint density at radius 2 is 1.95 bits per heavy atom. The van der Waals surface area contributed by atoms with Gasteiger partial charge in [-0.3, -0.25) is 4.79 Å². The Kier molecular flexibility index (Phi) is 6.77. The van der Waals surface area contributed by atoms with Crippen LogP contribution >= 0.6 is 0 Å². The number of aromatic nitrogens is 1. The first-order chi connectivity index (χ1) is 18.1. The average Bonchev–Trinajstić information content (AvgIpc) is 3.52. The highest BCUT2D eigenvalue weighted by Crippen LogP contribution is 2.51. The van der Waals surface area contributed by atoms with Crippen molar-refractivity contribution in [2.45, 2.75) is 50.0 Å². The zero-order chi connectivity index (χ0) is 27.1. The van der Waals surface area contributed by atoms with Crippen LogP contribution in [0.1, 0.15) is 49.9 Å². The molecule has 1 saturated heterocycles. The molecule has 2 fully saturated rings. The molecule has 10 heteroatoms. The fourth-order valence-electron chi connectivity index (χ4n) is 4.90. The Labute approximate surface area is 222 Å². The van der Waals surface area contributed by atoms with Gasteiger partial charge in [0.25, 0.3) is 15.9 Å². The second-order valence-electron chi connectivity index (χ2n) is 10.4. The van der Waals surface area contributed by atoms with Crippen LogP contribution in [0.5, 0.6) is 5.75 Å². The molecule has 2 heterocycles. The number of carbonyl (C=O) groups excluding carboxylic acids is 1. The minimum Gasteiger partial charge on any atom is -0.493 e. The van der Waals surface area contributed by atoms with Crippen molar-refractivity contribution in [2.24, 2.45) is 5.92 Å². The number of nitrogens with two attached hydrogens (primary N) is 1. The summed E-state index contributed by atoms with van der Waals surface area (Å²) in [6, 6.07) is 13.3. The van der Waals surface area contributed by atoms with E-state index in [1.807, 2.05) is 13.8 Å². The summed E-state index contributed by atoms with van der Waals surface area (Å²) in [5, 5.41) is 0. The second-order valence-corrected chi connectivity index (χ2v) is 12.1. The maximum absolute atomic E-state index is 14.5. The molecule has 0 bridgehead atoms. The number of hydrogen-bond donors (Lipinski definition) is 2. The van der Waals surface area contributed by atoms with Crippen molar-refractivity contribution >= 4 is 27.4 Å². The Hall–Kier alpha value is -3.66. The SMILES string of the molecule is CC(C)COc1cc(F)cc(-c2ccc(C(=O)NS(=O)(=O)c3cccc(N)c3)c(N3CCCC34CC4)n2)c1. The maximum Gasteiger partial charge on any atom is 0.268 e. The largest absolute Gasteiger partial charge is 0.493 e. The van der Waals surface area contributed by atoms with E-state index < -0.39 is 21.7 Å². The van der Waals surface area contributed by atoms with Crippen LogP contribution in [0.3, 0.4) is 0 Å². The van der Waals surface area contributed by atoms with Crippen molar-refractivity contribution < 1.29 is 22.3 Å². The highest BCUT2D eigenvalue weighted by molar-refractivity contribution is 7.90. The van der Waals surface area contributed by atoms with E-state index in [0.29, 0.717) is 36.0 Å². The lowest BCUT2D eigenvalue weighted by atomic mass is 10.1. The molecule has 2 aromatic carbocycles. The zero-order valence-electron chi connectivity index (χ0n) is 21.4. The second kappa shape index (κ2) is 9.90. The third kappa shape index (κ3) is 5.31. The summed E-state index contributed by atoms with van der Waals surface area (Å²) in [7, 11) is -4.16. The van der Waals surface area contributed by atoms with Crippen LogP contribution in [-0.2, 0) is 10.0 Å². The van der Waals surface area contributed by atoms with Crippen molar-refractivity contribution in [2.75, 3.05) is 23.8 Å². The molecule has 0 atom stereocenters. The molecule has 1 aliphatic carbocycles. The highest BCUT2D eigenvalue weighted by atomic mass is 32.2. The van der Waals surface area contributed by atoms with Crippen LogP contribution < -0.4 is 20.1 Å². The quantitative estimate of drug-likeness (QED) is 0.398. The number of pyridine rings is 1. The number of halogens is 1. The summed E-state index contributed by atoms with van der Waals surface area (Å²) in [6.45, 7) is 5.16. The van der Waals surface area contributed by atoms with Gasteiger partial charge in [-0.25, -0.2) is 22.5 Å². The number of nitrogens with zero attached hydrogens (tertiary/aromatic N) is 2. The number of sulfonamides is 1. The van der Waals surface area contributed by atoms with Gasteiger partial charge in [-0.2, -0.15) is 0 Å². The fourth-order valence-corrected chi connectivity index (χ4v) is 5.92. The summed E-state index contributed by atoms with van der Waals surface area (Å²) >= 11 is 0. The predicted molar refractivity (Wildman–Crippen MR) is 144 cm³/mol. The number of carbonyl (C=O) groups is 1. The van der Waals surface area contributed by atoms with Crippen LogP contribution in [0.25, 0.3) is 11.3 Å². The monoisotopic (exact) mass is 538 g/mol. The third-order valence-corrected chi connectivity index (χ3v) is 8.27. The van der Waals surface area contributed by atoms with E-state index in [0.717, 1.165) is 25.7 Å². The molecular weight excluding hydrogens is 507 g/mol.